The zero-order valence-corrected chi connectivity index (χ0v) is 8.73. The number of rotatable bonds is 1. The molecule has 0 aromatic heterocycles. The topological polar surface area (TPSA) is 29.4 Å². The van der Waals surface area contributed by atoms with E-state index in [-0.39, 0.29) is 11.7 Å². The molecular formula is C10H6F3NOS. The van der Waals surface area contributed by atoms with E-state index >= 15 is 0 Å². The van der Waals surface area contributed by atoms with Crippen LogP contribution in [0.3, 0.4) is 0 Å². The SMILES string of the molecule is O=C1CSC(c2ccc(C(F)(F)F)cc2)=N1. The lowest BCUT2D eigenvalue weighted by atomic mass is 10.1. The van der Waals surface area contributed by atoms with Gasteiger partial charge in [0.05, 0.1) is 11.3 Å². The van der Waals surface area contributed by atoms with Gasteiger partial charge in [0, 0.05) is 5.56 Å². The molecular weight excluding hydrogens is 239 g/mol. The molecule has 0 unspecified atom stereocenters. The van der Waals surface area contributed by atoms with Crippen molar-refractivity contribution in [2.75, 3.05) is 5.75 Å². The lowest BCUT2D eigenvalue weighted by Gasteiger charge is -2.06. The van der Waals surface area contributed by atoms with Crippen molar-refractivity contribution in [3.05, 3.63) is 35.4 Å². The number of aliphatic imine (C=N–C) groups is 1. The van der Waals surface area contributed by atoms with Gasteiger partial charge < -0.3 is 0 Å². The average molecular weight is 245 g/mol. The van der Waals surface area contributed by atoms with E-state index in [0.29, 0.717) is 10.6 Å². The van der Waals surface area contributed by atoms with E-state index in [9.17, 15) is 18.0 Å². The third-order valence-corrected chi connectivity index (χ3v) is 3.01. The van der Waals surface area contributed by atoms with Crippen LogP contribution in [0.1, 0.15) is 11.1 Å². The first kappa shape index (κ1) is 11.2. The first-order valence-electron chi connectivity index (χ1n) is 4.39. The highest BCUT2D eigenvalue weighted by Crippen LogP contribution is 2.30. The van der Waals surface area contributed by atoms with E-state index in [2.05, 4.69) is 4.99 Å². The number of thioether (sulfide) groups is 1. The molecule has 0 spiro atoms. The minimum atomic E-state index is -4.33. The number of hydrogen-bond donors (Lipinski definition) is 0. The van der Waals surface area contributed by atoms with Gasteiger partial charge in [-0.25, -0.2) is 4.99 Å². The maximum Gasteiger partial charge on any atom is 0.416 e. The van der Waals surface area contributed by atoms with Gasteiger partial charge in [-0.3, -0.25) is 4.79 Å². The van der Waals surface area contributed by atoms with Crippen molar-refractivity contribution in [2.24, 2.45) is 4.99 Å². The largest absolute Gasteiger partial charge is 0.416 e. The summed E-state index contributed by atoms with van der Waals surface area (Å²) in [5.74, 6) is 0.0102. The number of hydrogen-bond acceptors (Lipinski definition) is 2. The Bertz CT molecular complexity index is 450. The third kappa shape index (κ3) is 2.27. The Morgan fingerprint density at radius 2 is 1.81 bits per heavy atom. The van der Waals surface area contributed by atoms with Crippen molar-refractivity contribution in [1.82, 2.24) is 0 Å². The summed E-state index contributed by atoms with van der Waals surface area (Å²) >= 11 is 1.24. The highest BCUT2D eigenvalue weighted by molar-refractivity contribution is 8.15. The van der Waals surface area contributed by atoms with Crippen molar-refractivity contribution in [3.63, 3.8) is 0 Å². The third-order valence-electron chi connectivity index (χ3n) is 2.02. The molecule has 84 valence electrons. The highest BCUT2D eigenvalue weighted by atomic mass is 32.2. The fraction of sp³-hybridized carbons (Fsp3) is 0.200. The second kappa shape index (κ2) is 3.93. The summed E-state index contributed by atoms with van der Waals surface area (Å²) in [6, 6.07) is 4.63. The molecule has 6 heteroatoms. The molecule has 0 atom stereocenters. The number of alkyl halides is 3. The number of benzene rings is 1. The molecule has 1 amide bonds. The van der Waals surface area contributed by atoms with Gasteiger partial charge in [0.25, 0.3) is 5.91 Å². The second-order valence-corrected chi connectivity index (χ2v) is 4.14. The van der Waals surface area contributed by atoms with Crippen LogP contribution < -0.4 is 0 Å². The number of halogens is 3. The summed E-state index contributed by atoms with van der Waals surface area (Å²) in [7, 11) is 0. The lowest BCUT2D eigenvalue weighted by molar-refractivity contribution is -0.137. The molecule has 0 N–H and O–H groups in total. The molecule has 16 heavy (non-hydrogen) atoms. The molecule has 2 rings (SSSR count). The van der Waals surface area contributed by atoms with Gasteiger partial charge in [-0.05, 0) is 12.1 Å². The fourth-order valence-electron chi connectivity index (χ4n) is 1.26. The summed E-state index contributed by atoms with van der Waals surface area (Å²) in [6.45, 7) is 0. The van der Waals surface area contributed by atoms with Crippen LogP contribution in [-0.2, 0) is 11.0 Å². The van der Waals surface area contributed by atoms with Crippen LogP contribution in [-0.4, -0.2) is 16.7 Å². The van der Waals surface area contributed by atoms with E-state index in [1.165, 1.54) is 23.9 Å². The van der Waals surface area contributed by atoms with Gasteiger partial charge in [0.15, 0.2) is 0 Å². The van der Waals surface area contributed by atoms with Crippen LogP contribution in [0.25, 0.3) is 0 Å². The number of carbonyl (C=O) groups excluding carboxylic acids is 1. The number of nitrogens with zero attached hydrogens (tertiary/aromatic N) is 1. The van der Waals surface area contributed by atoms with E-state index in [4.69, 9.17) is 0 Å². The van der Waals surface area contributed by atoms with Gasteiger partial charge in [0.1, 0.15) is 5.04 Å². The Labute approximate surface area is 93.6 Å². The van der Waals surface area contributed by atoms with Crippen molar-refractivity contribution in [2.45, 2.75) is 6.18 Å². The minimum absolute atomic E-state index is 0.250. The summed E-state index contributed by atoms with van der Waals surface area (Å²) in [4.78, 5) is 14.6. The van der Waals surface area contributed by atoms with Crippen molar-refractivity contribution in [1.29, 1.82) is 0 Å². The molecule has 0 radical (unpaired) electrons. The van der Waals surface area contributed by atoms with E-state index in [0.717, 1.165) is 12.1 Å². The first-order chi connectivity index (χ1) is 7.47. The van der Waals surface area contributed by atoms with E-state index in [1.54, 1.807) is 0 Å². The van der Waals surface area contributed by atoms with Crippen LogP contribution in [0.15, 0.2) is 29.3 Å². The van der Waals surface area contributed by atoms with Gasteiger partial charge in [-0.2, -0.15) is 13.2 Å². The number of amides is 1. The second-order valence-electron chi connectivity index (χ2n) is 3.17. The maximum absolute atomic E-state index is 12.3. The molecule has 0 fully saturated rings. The molecule has 1 aromatic carbocycles. The van der Waals surface area contributed by atoms with Gasteiger partial charge in [-0.15, -0.1) is 0 Å². The predicted molar refractivity (Wildman–Crippen MR) is 55.4 cm³/mol. The average Bonchev–Trinajstić information content (AvgIpc) is 2.64. The molecule has 1 aliphatic rings. The van der Waals surface area contributed by atoms with Gasteiger partial charge >= 0.3 is 6.18 Å². The van der Waals surface area contributed by atoms with Crippen LogP contribution in [0.4, 0.5) is 13.2 Å². The van der Waals surface area contributed by atoms with Crippen LogP contribution in [0, 0.1) is 0 Å². The molecule has 0 bridgehead atoms. The quantitative estimate of drug-likeness (QED) is 0.761. The lowest BCUT2D eigenvalue weighted by Crippen LogP contribution is -2.05. The Morgan fingerprint density at radius 1 is 1.19 bits per heavy atom. The number of carbonyl (C=O) groups is 1. The van der Waals surface area contributed by atoms with Gasteiger partial charge in [0.2, 0.25) is 0 Å². The minimum Gasteiger partial charge on any atom is -0.272 e. The zero-order chi connectivity index (χ0) is 11.8. The maximum atomic E-state index is 12.3. The Morgan fingerprint density at radius 3 is 2.25 bits per heavy atom. The highest BCUT2D eigenvalue weighted by Gasteiger charge is 2.30. The molecule has 0 saturated heterocycles. The molecule has 2 nitrogen and oxygen atoms in total. The van der Waals surface area contributed by atoms with Crippen molar-refractivity contribution in [3.8, 4) is 0 Å². The Balaban J connectivity index is 2.27. The van der Waals surface area contributed by atoms with Crippen molar-refractivity contribution >= 4 is 22.7 Å². The molecule has 0 saturated carbocycles. The molecule has 1 aromatic rings. The molecule has 0 aliphatic carbocycles. The van der Waals surface area contributed by atoms with Crippen LogP contribution >= 0.6 is 11.8 Å². The standard InChI is InChI=1S/C10H6F3NOS/c11-10(12,13)7-3-1-6(2-4-7)9-14-8(15)5-16-9/h1-4H,5H2. The van der Waals surface area contributed by atoms with E-state index in [1.807, 2.05) is 0 Å². The van der Waals surface area contributed by atoms with Crippen LogP contribution in [0.5, 0.6) is 0 Å². The summed E-state index contributed by atoms with van der Waals surface area (Å²) in [5, 5.41) is 0.485. The molecule has 1 heterocycles. The van der Waals surface area contributed by atoms with E-state index < -0.39 is 11.7 Å². The Hall–Kier alpha value is -1.30. The Kier molecular flexibility index (Phi) is 2.75. The summed E-state index contributed by atoms with van der Waals surface area (Å²) < 4.78 is 36.8. The normalized spacial score (nSPS) is 16.4. The van der Waals surface area contributed by atoms with Gasteiger partial charge in [-0.1, -0.05) is 23.9 Å². The first-order valence-corrected chi connectivity index (χ1v) is 5.37. The summed E-state index contributed by atoms with van der Waals surface area (Å²) in [5.41, 5.74) is -0.157. The summed E-state index contributed by atoms with van der Waals surface area (Å²) in [6.07, 6.45) is -4.33. The predicted octanol–water partition coefficient (Wildman–Crippen LogP) is 2.73. The van der Waals surface area contributed by atoms with Crippen LogP contribution in [0.2, 0.25) is 0 Å². The molecule has 1 aliphatic heterocycles. The fourth-order valence-corrected chi connectivity index (χ4v) is 2.05. The van der Waals surface area contributed by atoms with Crippen molar-refractivity contribution < 1.29 is 18.0 Å². The zero-order valence-electron chi connectivity index (χ0n) is 7.91. The monoisotopic (exact) mass is 245 g/mol. The smallest absolute Gasteiger partial charge is 0.272 e.